The number of hydrogen-bond acceptors (Lipinski definition) is 6. The molecule has 0 fully saturated rings. The Balaban J connectivity index is 0.000000875. The number of aryl methyl sites for hydroxylation is 1. The fraction of sp³-hybridized carbons (Fsp3) is 0.395. The van der Waals surface area contributed by atoms with Crippen LogP contribution >= 0.6 is 0 Å². The third-order valence-corrected chi connectivity index (χ3v) is 7.46. The Morgan fingerprint density at radius 2 is 1.72 bits per heavy atom. The fourth-order valence-electron chi connectivity index (χ4n) is 5.22. The Morgan fingerprint density at radius 3 is 2.30 bits per heavy atom. The number of fused-ring (bicyclic) bond motifs is 2. The average molecular weight is 629 g/mol. The molecule has 46 heavy (non-hydrogen) atoms. The average Bonchev–Trinajstić information content (AvgIpc) is 3.51. The van der Waals surface area contributed by atoms with Crippen molar-refractivity contribution >= 4 is 34.9 Å². The van der Waals surface area contributed by atoms with Gasteiger partial charge in [0.25, 0.3) is 0 Å². The minimum absolute atomic E-state index is 0.0417. The first kappa shape index (κ1) is 36.0. The maximum atomic E-state index is 13.0. The van der Waals surface area contributed by atoms with Crippen molar-refractivity contribution in [1.82, 2.24) is 9.88 Å². The van der Waals surface area contributed by atoms with E-state index in [1.54, 1.807) is 13.3 Å². The lowest BCUT2D eigenvalue weighted by Crippen LogP contribution is -2.38. The molecule has 0 bridgehead atoms. The van der Waals surface area contributed by atoms with Gasteiger partial charge in [-0.05, 0) is 88.8 Å². The van der Waals surface area contributed by atoms with Crippen LogP contribution in [0.15, 0.2) is 79.0 Å². The number of benzene rings is 2. The van der Waals surface area contributed by atoms with Crippen LogP contribution in [0.25, 0.3) is 16.5 Å². The topological polar surface area (TPSA) is 95.9 Å². The molecule has 3 aromatic rings. The first-order chi connectivity index (χ1) is 21.6. The SMILES string of the molecule is C=CC1=C(/C=C\C)C(COC(=O)NC(C=O)Cc2cn(C(=O)OC(C)(C)C)c3c(C)cccc23)c2ccccc21.COC(C)(C)C. The van der Waals surface area contributed by atoms with Crippen LogP contribution in [0.2, 0.25) is 0 Å². The Morgan fingerprint density at radius 1 is 1.04 bits per heavy atom. The minimum atomic E-state index is -0.851. The second kappa shape index (κ2) is 15.2. The van der Waals surface area contributed by atoms with Gasteiger partial charge in [-0.1, -0.05) is 67.3 Å². The lowest BCUT2D eigenvalue weighted by molar-refractivity contribution is -0.109. The Bertz CT molecular complexity index is 1630. The number of nitrogens with one attached hydrogen (secondary N) is 1. The Kier molecular flexibility index (Phi) is 11.9. The molecule has 0 aliphatic heterocycles. The van der Waals surface area contributed by atoms with Crippen molar-refractivity contribution in [2.75, 3.05) is 13.7 Å². The van der Waals surface area contributed by atoms with Crippen LogP contribution in [0.1, 0.15) is 76.6 Å². The number of ether oxygens (including phenoxy) is 3. The quantitative estimate of drug-likeness (QED) is 0.252. The number of nitrogens with zero attached hydrogens (tertiary/aromatic N) is 1. The predicted molar refractivity (Wildman–Crippen MR) is 184 cm³/mol. The van der Waals surface area contributed by atoms with Crippen molar-refractivity contribution in [2.45, 2.75) is 85.0 Å². The highest BCUT2D eigenvalue weighted by molar-refractivity contribution is 5.94. The monoisotopic (exact) mass is 628 g/mol. The number of aldehydes is 1. The molecule has 1 aliphatic rings. The van der Waals surface area contributed by atoms with Gasteiger partial charge in [0.1, 0.15) is 18.5 Å². The molecule has 2 unspecified atom stereocenters. The number of carbonyl (C=O) groups is 3. The zero-order chi connectivity index (χ0) is 34.2. The van der Waals surface area contributed by atoms with Crippen molar-refractivity contribution < 1.29 is 28.6 Å². The van der Waals surface area contributed by atoms with Crippen LogP contribution in [0.3, 0.4) is 0 Å². The van der Waals surface area contributed by atoms with E-state index in [1.807, 2.05) is 116 Å². The van der Waals surface area contributed by atoms with Gasteiger partial charge in [-0.25, -0.2) is 9.59 Å². The van der Waals surface area contributed by atoms with Gasteiger partial charge >= 0.3 is 12.2 Å². The smallest absolute Gasteiger partial charge is 0.419 e. The van der Waals surface area contributed by atoms with E-state index in [-0.39, 0.29) is 24.5 Å². The van der Waals surface area contributed by atoms with Crippen LogP contribution in [-0.4, -0.2) is 54.0 Å². The maximum Gasteiger partial charge on any atom is 0.419 e. The van der Waals surface area contributed by atoms with Gasteiger partial charge < -0.3 is 24.3 Å². The lowest BCUT2D eigenvalue weighted by Gasteiger charge is -2.20. The van der Waals surface area contributed by atoms with Gasteiger partial charge in [0.05, 0.1) is 17.2 Å². The van der Waals surface area contributed by atoms with Crippen molar-refractivity contribution in [3.8, 4) is 0 Å². The predicted octanol–water partition coefficient (Wildman–Crippen LogP) is 8.31. The molecule has 0 saturated carbocycles. The number of aromatic nitrogens is 1. The van der Waals surface area contributed by atoms with Gasteiger partial charge in [0.2, 0.25) is 0 Å². The molecular formula is C38H48N2O6. The van der Waals surface area contributed by atoms with E-state index in [4.69, 9.17) is 14.2 Å². The summed E-state index contributed by atoms with van der Waals surface area (Å²) in [5.74, 6) is -0.143. The fourth-order valence-corrected chi connectivity index (χ4v) is 5.22. The third kappa shape index (κ3) is 9.07. The van der Waals surface area contributed by atoms with Crippen LogP contribution in [0.4, 0.5) is 9.59 Å². The van der Waals surface area contributed by atoms with E-state index < -0.39 is 23.8 Å². The maximum absolute atomic E-state index is 13.0. The van der Waals surface area contributed by atoms with E-state index in [0.717, 1.165) is 38.8 Å². The standard InChI is InChI=1S/C33H36N2O5.C5H12O/c1-7-12-26-24(8-2)27-14-9-10-15-28(27)29(26)20-39-31(37)34-23(19-36)17-22-18-35(32(38)40-33(4,5)6)30-21(3)13-11-16-25(22)30;1-5(2,3)6-4/h7-16,18-19,23,29H,2,17,20H2,1,3-6H3,(H,34,37);1-4H3/b12-7-;. The van der Waals surface area contributed by atoms with Crippen molar-refractivity contribution in [3.63, 3.8) is 0 Å². The first-order valence-electron chi connectivity index (χ1n) is 15.5. The molecule has 1 N–H and O–H groups in total. The van der Waals surface area contributed by atoms with Crippen LogP contribution in [0.5, 0.6) is 0 Å². The Labute approximate surface area is 273 Å². The van der Waals surface area contributed by atoms with Gasteiger partial charge in [0.15, 0.2) is 0 Å². The molecule has 246 valence electrons. The molecule has 1 aromatic heterocycles. The number of hydrogen-bond donors (Lipinski definition) is 1. The summed E-state index contributed by atoms with van der Waals surface area (Å²) in [7, 11) is 1.71. The van der Waals surface area contributed by atoms with Crippen molar-refractivity contribution in [2.24, 2.45) is 0 Å². The molecule has 2 aromatic carbocycles. The summed E-state index contributed by atoms with van der Waals surface area (Å²) in [6.07, 6.45) is 7.14. The second-order valence-corrected chi connectivity index (χ2v) is 13.2. The second-order valence-electron chi connectivity index (χ2n) is 13.2. The summed E-state index contributed by atoms with van der Waals surface area (Å²) in [6.45, 7) is 19.4. The molecule has 0 saturated heterocycles. The van der Waals surface area contributed by atoms with Gasteiger partial charge in [0, 0.05) is 31.0 Å². The number of amides is 1. The summed E-state index contributed by atoms with van der Waals surface area (Å²) in [6, 6.07) is 12.8. The number of alkyl carbamates (subject to hydrolysis) is 1. The third-order valence-electron chi connectivity index (χ3n) is 7.46. The minimum Gasteiger partial charge on any atom is -0.449 e. The van der Waals surface area contributed by atoms with Crippen LogP contribution < -0.4 is 5.32 Å². The zero-order valence-corrected chi connectivity index (χ0v) is 28.6. The summed E-state index contributed by atoms with van der Waals surface area (Å²) in [5.41, 5.74) is 5.90. The highest BCUT2D eigenvalue weighted by Gasteiger charge is 2.30. The van der Waals surface area contributed by atoms with E-state index >= 15 is 0 Å². The zero-order valence-electron chi connectivity index (χ0n) is 28.6. The molecule has 0 radical (unpaired) electrons. The van der Waals surface area contributed by atoms with Gasteiger partial charge in [-0.3, -0.25) is 4.57 Å². The number of carbonyl (C=O) groups excluding carboxylic acids is 3. The van der Waals surface area contributed by atoms with Gasteiger partial charge in [-0.2, -0.15) is 0 Å². The summed E-state index contributed by atoms with van der Waals surface area (Å²) in [5, 5.41) is 3.50. The molecule has 8 heteroatoms. The van der Waals surface area contributed by atoms with E-state index in [2.05, 4.69) is 11.9 Å². The largest absolute Gasteiger partial charge is 0.449 e. The van der Waals surface area contributed by atoms with Crippen molar-refractivity contribution in [3.05, 3.63) is 101 Å². The summed E-state index contributed by atoms with van der Waals surface area (Å²) in [4.78, 5) is 37.8. The van der Waals surface area contributed by atoms with E-state index in [9.17, 15) is 14.4 Å². The molecule has 8 nitrogen and oxygen atoms in total. The van der Waals surface area contributed by atoms with Crippen molar-refractivity contribution in [1.29, 1.82) is 0 Å². The van der Waals surface area contributed by atoms with Crippen LogP contribution in [0, 0.1) is 6.92 Å². The van der Waals surface area contributed by atoms with Gasteiger partial charge in [-0.15, -0.1) is 0 Å². The molecule has 0 spiro atoms. The first-order valence-corrected chi connectivity index (χ1v) is 15.5. The molecule has 1 aliphatic carbocycles. The molecule has 4 rings (SSSR count). The number of rotatable bonds is 8. The summed E-state index contributed by atoms with van der Waals surface area (Å²) < 4.78 is 17.6. The van der Waals surface area contributed by atoms with E-state index in [1.165, 1.54) is 4.57 Å². The Hall–Kier alpha value is -4.43. The number of methoxy groups -OCH3 is 1. The van der Waals surface area contributed by atoms with E-state index in [0.29, 0.717) is 11.8 Å². The molecule has 2 atom stereocenters. The number of para-hydroxylation sites is 1. The highest BCUT2D eigenvalue weighted by atomic mass is 16.6. The summed E-state index contributed by atoms with van der Waals surface area (Å²) >= 11 is 0. The van der Waals surface area contributed by atoms with Crippen LogP contribution in [-0.2, 0) is 25.4 Å². The number of allylic oxidation sites excluding steroid dienone is 4. The normalized spacial score (nSPS) is 15.2. The highest BCUT2D eigenvalue weighted by Crippen LogP contribution is 2.43. The lowest BCUT2D eigenvalue weighted by atomic mass is 9.96. The molecular weight excluding hydrogens is 580 g/mol. The molecule has 1 heterocycles. The molecule has 1 amide bonds.